The molecule has 0 bridgehead atoms. The lowest BCUT2D eigenvalue weighted by Crippen LogP contribution is -2.21. The summed E-state index contributed by atoms with van der Waals surface area (Å²) in [6, 6.07) is 4.37. The zero-order chi connectivity index (χ0) is 11.5. The van der Waals surface area contributed by atoms with E-state index in [0.29, 0.717) is 13.0 Å². The van der Waals surface area contributed by atoms with Crippen molar-refractivity contribution in [3.8, 4) is 0 Å². The number of carbonyl (C=O) groups excluding carboxylic acids is 1. The molecule has 0 saturated heterocycles. The van der Waals surface area contributed by atoms with Crippen LogP contribution in [0.25, 0.3) is 0 Å². The predicted octanol–water partition coefficient (Wildman–Crippen LogP) is 1.63. The molecular formula is C13H18N2O. The average Bonchev–Trinajstić information content (AvgIpc) is 2.30. The minimum absolute atomic E-state index is 0.120. The molecule has 0 aromatic heterocycles. The third-order valence-corrected chi connectivity index (χ3v) is 3.07. The molecule has 2 rings (SSSR count). The number of nitrogens with one attached hydrogen (secondary N) is 1. The van der Waals surface area contributed by atoms with Crippen LogP contribution >= 0.6 is 0 Å². The highest BCUT2D eigenvalue weighted by Crippen LogP contribution is 2.28. The van der Waals surface area contributed by atoms with Gasteiger partial charge in [0.1, 0.15) is 0 Å². The number of rotatable bonds is 3. The van der Waals surface area contributed by atoms with Crippen LogP contribution in [-0.2, 0) is 24.1 Å². The maximum Gasteiger partial charge on any atom is 0.224 e. The van der Waals surface area contributed by atoms with Gasteiger partial charge >= 0.3 is 0 Å². The molecule has 3 nitrogen and oxygen atoms in total. The first-order valence-corrected chi connectivity index (χ1v) is 5.89. The van der Waals surface area contributed by atoms with Gasteiger partial charge in [-0.05, 0) is 42.5 Å². The first kappa shape index (κ1) is 11.1. The smallest absolute Gasteiger partial charge is 0.224 e. The number of anilines is 1. The molecule has 1 aromatic rings. The third kappa shape index (κ3) is 2.09. The Morgan fingerprint density at radius 3 is 2.88 bits per heavy atom. The van der Waals surface area contributed by atoms with E-state index in [1.54, 1.807) is 0 Å². The molecule has 3 heteroatoms. The van der Waals surface area contributed by atoms with E-state index in [1.165, 1.54) is 16.7 Å². The van der Waals surface area contributed by atoms with E-state index in [2.05, 4.69) is 24.4 Å². The lowest BCUT2D eigenvalue weighted by molar-refractivity contribution is -0.116. The molecule has 0 fully saturated rings. The molecule has 16 heavy (non-hydrogen) atoms. The van der Waals surface area contributed by atoms with Crippen LogP contribution in [0.3, 0.4) is 0 Å². The van der Waals surface area contributed by atoms with Crippen molar-refractivity contribution in [2.75, 3.05) is 11.9 Å². The van der Waals surface area contributed by atoms with Gasteiger partial charge in [-0.2, -0.15) is 0 Å². The van der Waals surface area contributed by atoms with Crippen LogP contribution in [0.1, 0.15) is 30.0 Å². The van der Waals surface area contributed by atoms with Crippen LogP contribution in [0, 0.1) is 0 Å². The molecule has 1 aromatic carbocycles. The topological polar surface area (TPSA) is 55.1 Å². The van der Waals surface area contributed by atoms with Gasteiger partial charge < -0.3 is 11.1 Å². The second-order valence-corrected chi connectivity index (χ2v) is 4.23. The van der Waals surface area contributed by atoms with Crippen LogP contribution in [0.5, 0.6) is 0 Å². The number of amides is 1. The van der Waals surface area contributed by atoms with Crippen molar-refractivity contribution in [3.63, 3.8) is 0 Å². The summed E-state index contributed by atoms with van der Waals surface area (Å²) in [4.78, 5) is 11.4. The normalized spacial score (nSPS) is 14.5. The van der Waals surface area contributed by atoms with E-state index < -0.39 is 0 Å². The van der Waals surface area contributed by atoms with Crippen LogP contribution in [0.4, 0.5) is 5.69 Å². The van der Waals surface area contributed by atoms with Crippen LogP contribution in [0.15, 0.2) is 12.1 Å². The van der Waals surface area contributed by atoms with Gasteiger partial charge in [0.25, 0.3) is 0 Å². The molecule has 0 aliphatic carbocycles. The monoisotopic (exact) mass is 218 g/mol. The highest BCUT2D eigenvalue weighted by molar-refractivity contribution is 5.94. The number of hydrogen-bond acceptors (Lipinski definition) is 2. The summed E-state index contributed by atoms with van der Waals surface area (Å²) in [5.41, 5.74) is 10.4. The van der Waals surface area contributed by atoms with E-state index in [1.807, 2.05) is 0 Å². The molecule has 0 radical (unpaired) electrons. The minimum Gasteiger partial charge on any atom is -0.330 e. The Labute approximate surface area is 96.0 Å². The minimum atomic E-state index is 0.120. The molecule has 0 saturated carbocycles. The standard InChI is InChI=1S/C13H18N2O/c1-2-9-7-10-3-4-12(16)15-13(10)11(8-9)5-6-14/h7-8H,2-6,14H2,1H3,(H,15,16). The van der Waals surface area contributed by atoms with E-state index in [4.69, 9.17) is 5.73 Å². The first-order chi connectivity index (χ1) is 7.74. The van der Waals surface area contributed by atoms with Gasteiger partial charge in [-0.25, -0.2) is 0 Å². The van der Waals surface area contributed by atoms with Gasteiger partial charge in [0, 0.05) is 12.1 Å². The molecule has 3 N–H and O–H groups in total. The second kappa shape index (κ2) is 4.66. The maximum absolute atomic E-state index is 11.4. The van der Waals surface area contributed by atoms with Crippen molar-refractivity contribution in [2.45, 2.75) is 32.6 Å². The Hall–Kier alpha value is -1.35. The van der Waals surface area contributed by atoms with Gasteiger partial charge in [-0.15, -0.1) is 0 Å². The summed E-state index contributed by atoms with van der Waals surface area (Å²) in [6.45, 7) is 2.77. The average molecular weight is 218 g/mol. The Balaban J connectivity index is 2.44. The Kier molecular flexibility index (Phi) is 3.25. The Bertz CT molecular complexity index is 413. The predicted molar refractivity (Wildman–Crippen MR) is 65.5 cm³/mol. The quantitative estimate of drug-likeness (QED) is 0.810. The zero-order valence-electron chi connectivity index (χ0n) is 9.68. The summed E-state index contributed by atoms with van der Waals surface area (Å²) >= 11 is 0. The van der Waals surface area contributed by atoms with E-state index in [-0.39, 0.29) is 5.91 Å². The number of benzene rings is 1. The fourth-order valence-corrected chi connectivity index (χ4v) is 2.20. The summed E-state index contributed by atoms with van der Waals surface area (Å²) < 4.78 is 0. The summed E-state index contributed by atoms with van der Waals surface area (Å²) in [6.07, 6.45) is 3.31. The number of carbonyl (C=O) groups is 1. The van der Waals surface area contributed by atoms with E-state index in [0.717, 1.165) is 24.9 Å². The van der Waals surface area contributed by atoms with Gasteiger partial charge in [0.05, 0.1) is 0 Å². The zero-order valence-corrected chi connectivity index (χ0v) is 9.68. The van der Waals surface area contributed by atoms with Gasteiger partial charge in [-0.3, -0.25) is 4.79 Å². The van der Waals surface area contributed by atoms with Gasteiger partial charge in [0.2, 0.25) is 5.91 Å². The molecule has 0 unspecified atom stereocenters. The molecule has 86 valence electrons. The summed E-state index contributed by atoms with van der Waals surface area (Å²) in [7, 11) is 0. The highest BCUT2D eigenvalue weighted by Gasteiger charge is 2.18. The summed E-state index contributed by atoms with van der Waals surface area (Å²) in [5.74, 6) is 0.120. The molecule has 0 spiro atoms. The maximum atomic E-state index is 11.4. The largest absolute Gasteiger partial charge is 0.330 e. The van der Waals surface area contributed by atoms with Gasteiger partial charge in [0.15, 0.2) is 0 Å². The lowest BCUT2D eigenvalue weighted by Gasteiger charge is -2.21. The highest BCUT2D eigenvalue weighted by atomic mass is 16.1. The molecule has 1 aliphatic heterocycles. The molecule has 1 aliphatic rings. The lowest BCUT2D eigenvalue weighted by atomic mass is 9.94. The fourth-order valence-electron chi connectivity index (χ4n) is 2.20. The first-order valence-electron chi connectivity index (χ1n) is 5.89. The Morgan fingerprint density at radius 2 is 2.19 bits per heavy atom. The third-order valence-electron chi connectivity index (χ3n) is 3.07. The number of fused-ring (bicyclic) bond motifs is 1. The molecular weight excluding hydrogens is 200 g/mol. The number of aryl methyl sites for hydroxylation is 2. The second-order valence-electron chi connectivity index (χ2n) is 4.23. The van der Waals surface area contributed by atoms with Crippen molar-refractivity contribution >= 4 is 11.6 Å². The molecule has 1 heterocycles. The van der Waals surface area contributed by atoms with Crippen molar-refractivity contribution in [2.24, 2.45) is 5.73 Å². The molecule has 1 amide bonds. The van der Waals surface area contributed by atoms with Crippen molar-refractivity contribution < 1.29 is 4.79 Å². The number of hydrogen-bond donors (Lipinski definition) is 2. The van der Waals surface area contributed by atoms with Gasteiger partial charge in [-0.1, -0.05) is 19.1 Å². The van der Waals surface area contributed by atoms with E-state index in [9.17, 15) is 4.79 Å². The van der Waals surface area contributed by atoms with Crippen LogP contribution in [0.2, 0.25) is 0 Å². The Morgan fingerprint density at radius 1 is 1.38 bits per heavy atom. The fraction of sp³-hybridized carbons (Fsp3) is 0.462. The number of nitrogens with two attached hydrogens (primary N) is 1. The van der Waals surface area contributed by atoms with Crippen molar-refractivity contribution in [1.29, 1.82) is 0 Å². The van der Waals surface area contributed by atoms with Crippen molar-refractivity contribution in [1.82, 2.24) is 0 Å². The van der Waals surface area contributed by atoms with Crippen LogP contribution in [-0.4, -0.2) is 12.5 Å². The molecule has 0 atom stereocenters. The summed E-state index contributed by atoms with van der Waals surface area (Å²) in [5, 5.41) is 2.97. The SMILES string of the molecule is CCc1cc(CCN)c2c(c1)CCC(=O)N2. The van der Waals surface area contributed by atoms with Crippen molar-refractivity contribution in [3.05, 3.63) is 28.8 Å². The van der Waals surface area contributed by atoms with E-state index >= 15 is 0 Å². The van der Waals surface area contributed by atoms with Crippen LogP contribution < -0.4 is 11.1 Å².